The fourth-order valence-electron chi connectivity index (χ4n) is 1.64. The van der Waals surface area contributed by atoms with Crippen molar-refractivity contribution in [3.63, 3.8) is 0 Å². The molecule has 1 aliphatic carbocycles. The molecule has 1 N–H and O–H groups in total. The second-order valence-corrected chi connectivity index (χ2v) is 4.20. The summed E-state index contributed by atoms with van der Waals surface area (Å²) in [6.07, 6.45) is 2.95. The Morgan fingerprint density at radius 1 is 1.44 bits per heavy atom. The Morgan fingerprint density at radius 2 is 2.17 bits per heavy atom. The molecule has 0 radical (unpaired) electrons. The average Bonchev–Trinajstić information content (AvgIpc) is 3.09. The highest BCUT2D eigenvalue weighted by molar-refractivity contribution is 5.80. The summed E-state index contributed by atoms with van der Waals surface area (Å²) < 4.78 is 31.1. The van der Waals surface area contributed by atoms with E-state index in [4.69, 9.17) is 9.84 Å². The van der Waals surface area contributed by atoms with Gasteiger partial charge in [0.05, 0.1) is 0 Å². The monoisotopic (exact) mass is 254 g/mol. The summed E-state index contributed by atoms with van der Waals surface area (Å²) in [4.78, 5) is 10.6. The Morgan fingerprint density at radius 3 is 2.72 bits per heavy atom. The molecule has 1 aromatic rings. The van der Waals surface area contributed by atoms with Crippen molar-refractivity contribution in [1.82, 2.24) is 0 Å². The predicted molar refractivity (Wildman–Crippen MR) is 60.3 cm³/mol. The lowest BCUT2D eigenvalue weighted by molar-refractivity contribution is -0.131. The van der Waals surface area contributed by atoms with Crippen LogP contribution in [-0.4, -0.2) is 17.7 Å². The van der Waals surface area contributed by atoms with Crippen molar-refractivity contribution in [3.8, 4) is 5.75 Å². The Hall–Kier alpha value is -1.91. The number of hydrogen-bond acceptors (Lipinski definition) is 2. The molecule has 0 atom stereocenters. The minimum atomic E-state index is -1.04. The van der Waals surface area contributed by atoms with Crippen molar-refractivity contribution in [1.29, 1.82) is 0 Å². The molecule has 1 aliphatic rings. The third kappa shape index (κ3) is 3.29. The molecular weight excluding hydrogens is 242 g/mol. The van der Waals surface area contributed by atoms with E-state index in [1.165, 1.54) is 6.07 Å². The lowest BCUT2D eigenvalue weighted by Gasteiger charge is -2.09. The van der Waals surface area contributed by atoms with Gasteiger partial charge < -0.3 is 9.84 Å². The van der Waals surface area contributed by atoms with Gasteiger partial charge in [0, 0.05) is 12.1 Å². The molecule has 0 amide bonds. The van der Waals surface area contributed by atoms with Crippen molar-refractivity contribution in [2.75, 3.05) is 6.61 Å². The number of benzene rings is 1. The highest BCUT2D eigenvalue weighted by atomic mass is 19.1. The smallest absolute Gasteiger partial charge is 0.328 e. The van der Waals surface area contributed by atoms with E-state index in [1.807, 2.05) is 0 Å². The van der Waals surface area contributed by atoms with Gasteiger partial charge in [0.2, 0.25) is 0 Å². The van der Waals surface area contributed by atoms with Gasteiger partial charge in [-0.1, -0.05) is 0 Å². The molecule has 96 valence electrons. The zero-order valence-corrected chi connectivity index (χ0v) is 9.53. The molecule has 0 spiro atoms. The van der Waals surface area contributed by atoms with E-state index in [1.54, 1.807) is 0 Å². The van der Waals surface area contributed by atoms with Gasteiger partial charge >= 0.3 is 5.97 Å². The molecule has 1 saturated carbocycles. The van der Waals surface area contributed by atoms with Crippen LogP contribution < -0.4 is 4.74 Å². The van der Waals surface area contributed by atoms with E-state index in [-0.39, 0.29) is 18.3 Å². The normalized spacial score (nSPS) is 15.6. The first kappa shape index (κ1) is 12.5. The van der Waals surface area contributed by atoms with Crippen LogP contribution in [0.2, 0.25) is 0 Å². The average molecular weight is 254 g/mol. The first-order valence-electron chi connectivity index (χ1n) is 5.57. The van der Waals surface area contributed by atoms with E-state index in [9.17, 15) is 13.6 Å². The number of carboxylic acid groups (broad SMARTS) is 1. The van der Waals surface area contributed by atoms with Gasteiger partial charge in [-0.15, -0.1) is 0 Å². The summed E-state index contributed by atoms with van der Waals surface area (Å²) in [6, 6.07) is 3.01. The number of carboxylic acids is 1. The first-order valence-corrected chi connectivity index (χ1v) is 5.57. The van der Waals surface area contributed by atoms with Gasteiger partial charge in [-0.25, -0.2) is 13.6 Å². The van der Waals surface area contributed by atoms with Crippen LogP contribution in [0.3, 0.4) is 0 Å². The molecule has 5 heteroatoms. The molecule has 1 aromatic carbocycles. The zero-order chi connectivity index (χ0) is 13.1. The molecule has 3 nitrogen and oxygen atoms in total. The van der Waals surface area contributed by atoms with E-state index in [0.717, 1.165) is 31.1 Å². The predicted octanol–water partition coefficient (Wildman–Crippen LogP) is 2.76. The van der Waals surface area contributed by atoms with Crippen LogP contribution in [0.4, 0.5) is 8.78 Å². The Balaban J connectivity index is 2.03. The number of hydrogen-bond donors (Lipinski definition) is 1. The number of carbonyl (C=O) groups is 1. The standard InChI is InChI=1S/C13H12F2O3/c14-10-3-4-12(11(15)6-10)18-7-9(5-13(16)17)8-1-2-8/h3-6,8H,1-2,7H2,(H,16,17)/b9-5-. The number of rotatable bonds is 5. The van der Waals surface area contributed by atoms with E-state index >= 15 is 0 Å². The fraction of sp³-hybridized carbons (Fsp3) is 0.308. The molecule has 0 heterocycles. The first-order chi connectivity index (χ1) is 8.56. The summed E-state index contributed by atoms with van der Waals surface area (Å²) in [5.41, 5.74) is 0.631. The van der Waals surface area contributed by atoms with Gasteiger partial charge in [0.1, 0.15) is 12.4 Å². The summed E-state index contributed by atoms with van der Waals surface area (Å²) in [6.45, 7) is 0.0134. The van der Waals surface area contributed by atoms with Crippen LogP contribution in [-0.2, 0) is 4.79 Å². The topological polar surface area (TPSA) is 46.5 Å². The molecule has 2 rings (SSSR count). The third-order valence-electron chi connectivity index (χ3n) is 2.70. The summed E-state index contributed by atoms with van der Waals surface area (Å²) in [7, 11) is 0. The lowest BCUT2D eigenvalue weighted by atomic mass is 10.1. The van der Waals surface area contributed by atoms with Gasteiger partial charge in [0.15, 0.2) is 11.6 Å². The quantitative estimate of drug-likeness (QED) is 0.822. The van der Waals surface area contributed by atoms with Crippen LogP contribution in [0, 0.1) is 17.6 Å². The van der Waals surface area contributed by atoms with Crippen molar-refractivity contribution in [2.45, 2.75) is 12.8 Å². The number of halogens is 2. The Kier molecular flexibility index (Phi) is 3.60. The van der Waals surface area contributed by atoms with Crippen molar-refractivity contribution >= 4 is 5.97 Å². The zero-order valence-electron chi connectivity index (χ0n) is 9.53. The van der Waals surface area contributed by atoms with Crippen LogP contribution in [0.1, 0.15) is 12.8 Å². The molecule has 0 aromatic heterocycles. The van der Waals surface area contributed by atoms with Crippen LogP contribution in [0.15, 0.2) is 29.8 Å². The van der Waals surface area contributed by atoms with Crippen LogP contribution in [0.25, 0.3) is 0 Å². The van der Waals surface area contributed by atoms with Crippen LogP contribution >= 0.6 is 0 Å². The molecule has 18 heavy (non-hydrogen) atoms. The van der Waals surface area contributed by atoms with Crippen molar-refractivity contribution < 1.29 is 23.4 Å². The largest absolute Gasteiger partial charge is 0.486 e. The maximum Gasteiger partial charge on any atom is 0.328 e. The van der Waals surface area contributed by atoms with Crippen LogP contribution in [0.5, 0.6) is 5.75 Å². The van der Waals surface area contributed by atoms with E-state index in [0.29, 0.717) is 5.57 Å². The molecule has 0 bridgehead atoms. The van der Waals surface area contributed by atoms with Crippen molar-refractivity contribution in [3.05, 3.63) is 41.5 Å². The second kappa shape index (κ2) is 5.16. The molecule has 1 fully saturated rings. The molecule has 0 unspecified atom stereocenters. The van der Waals surface area contributed by atoms with E-state index in [2.05, 4.69) is 0 Å². The van der Waals surface area contributed by atoms with E-state index < -0.39 is 17.6 Å². The number of aliphatic carboxylic acids is 1. The SMILES string of the molecule is O=C(O)/C=C(/COc1ccc(F)cc1F)C1CC1. The third-order valence-corrected chi connectivity index (χ3v) is 2.70. The Bertz CT molecular complexity index is 493. The fourth-order valence-corrected chi connectivity index (χ4v) is 1.64. The summed E-state index contributed by atoms with van der Waals surface area (Å²) in [5.74, 6) is -2.37. The Labute approximate surface area is 103 Å². The number of ether oxygens (including phenoxy) is 1. The molecular formula is C13H12F2O3. The molecule has 0 saturated heterocycles. The minimum Gasteiger partial charge on any atom is -0.486 e. The minimum absolute atomic E-state index is 0.0134. The maximum absolute atomic E-state index is 13.3. The van der Waals surface area contributed by atoms with Gasteiger partial charge in [-0.05, 0) is 36.5 Å². The van der Waals surface area contributed by atoms with Gasteiger partial charge in [0.25, 0.3) is 0 Å². The lowest BCUT2D eigenvalue weighted by Crippen LogP contribution is -2.06. The molecule has 0 aliphatic heterocycles. The van der Waals surface area contributed by atoms with Gasteiger partial charge in [-0.2, -0.15) is 0 Å². The highest BCUT2D eigenvalue weighted by Crippen LogP contribution is 2.36. The summed E-state index contributed by atoms with van der Waals surface area (Å²) in [5, 5.41) is 8.69. The van der Waals surface area contributed by atoms with Crippen molar-refractivity contribution in [2.24, 2.45) is 5.92 Å². The maximum atomic E-state index is 13.3. The van der Waals surface area contributed by atoms with Gasteiger partial charge in [-0.3, -0.25) is 0 Å². The summed E-state index contributed by atoms with van der Waals surface area (Å²) >= 11 is 0. The highest BCUT2D eigenvalue weighted by Gasteiger charge is 2.27. The second-order valence-electron chi connectivity index (χ2n) is 4.20.